The number of hydrogen-bond acceptors (Lipinski definition) is 6. The molecule has 0 aliphatic carbocycles. The zero-order valence-corrected chi connectivity index (χ0v) is 16.8. The van der Waals surface area contributed by atoms with E-state index < -0.39 is 0 Å². The van der Waals surface area contributed by atoms with Crippen LogP contribution in [-0.2, 0) is 4.79 Å². The molecule has 0 aromatic carbocycles. The predicted octanol–water partition coefficient (Wildman–Crippen LogP) is 1.73. The van der Waals surface area contributed by atoms with E-state index >= 15 is 0 Å². The van der Waals surface area contributed by atoms with Gasteiger partial charge < -0.3 is 15.5 Å². The van der Waals surface area contributed by atoms with Crippen LogP contribution in [0, 0.1) is 0 Å². The molecule has 1 amide bonds. The summed E-state index contributed by atoms with van der Waals surface area (Å²) in [5.41, 5.74) is -0.354. The lowest BCUT2D eigenvalue weighted by Gasteiger charge is -2.40. The van der Waals surface area contributed by atoms with Gasteiger partial charge >= 0.3 is 0 Å². The van der Waals surface area contributed by atoms with Gasteiger partial charge in [0.15, 0.2) is 0 Å². The summed E-state index contributed by atoms with van der Waals surface area (Å²) in [7, 11) is 0. The molecule has 2 fully saturated rings. The largest absolute Gasteiger partial charge is 0.365 e. The molecule has 7 nitrogen and oxygen atoms in total. The lowest BCUT2D eigenvalue weighted by atomic mass is 9.84. The quantitative estimate of drug-likeness (QED) is 0.642. The highest BCUT2D eigenvalue weighted by molar-refractivity contribution is 5.87. The van der Waals surface area contributed by atoms with Gasteiger partial charge in [0, 0.05) is 31.5 Å². The highest BCUT2D eigenvalue weighted by atomic mass is 16.2. The Morgan fingerprint density at radius 2 is 2.19 bits per heavy atom. The molecule has 0 saturated carbocycles. The minimum absolute atomic E-state index is 0.213. The van der Waals surface area contributed by atoms with E-state index in [1.54, 1.807) is 18.6 Å². The van der Waals surface area contributed by atoms with Gasteiger partial charge in [0.05, 0.1) is 6.20 Å². The maximum atomic E-state index is 13.2. The van der Waals surface area contributed by atoms with E-state index in [1.807, 2.05) is 0 Å². The van der Waals surface area contributed by atoms with Crippen molar-refractivity contribution < 1.29 is 4.79 Å². The first-order chi connectivity index (χ1) is 13.2. The molecule has 3 rings (SSSR count). The van der Waals surface area contributed by atoms with E-state index in [4.69, 9.17) is 0 Å². The number of nitrogens with one attached hydrogen (secondary N) is 2. The Morgan fingerprint density at radius 3 is 2.93 bits per heavy atom. The molecule has 0 spiro atoms. The minimum atomic E-state index is -0.354. The van der Waals surface area contributed by atoms with E-state index in [2.05, 4.69) is 44.2 Å². The second-order valence-corrected chi connectivity index (χ2v) is 7.71. The molecule has 2 aliphatic heterocycles. The third kappa shape index (κ3) is 4.76. The number of carbonyl (C=O) groups is 1. The van der Waals surface area contributed by atoms with E-state index in [9.17, 15) is 4.79 Å². The van der Waals surface area contributed by atoms with E-state index in [1.165, 1.54) is 6.42 Å². The zero-order valence-electron chi connectivity index (χ0n) is 16.8. The van der Waals surface area contributed by atoms with Gasteiger partial charge in [-0.3, -0.25) is 14.7 Å². The molecule has 2 atom stereocenters. The number of carbonyl (C=O) groups excluding carboxylic acids is 1. The molecule has 0 bridgehead atoms. The molecule has 1 aromatic heterocycles. The number of hydrogen-bond donors (Lipinski definition) is 2. The van der Waals surface area contributed by atoms with Crippen LogP contribution in [-0.4, -0.2) is 76.5 Å². The topological polar surface area (TPSA) is 73.4 Å². The maximum Gasteiger partial charge on any atom is 0.240 e. The zero-order chi connectivity index (χ0) is 19.1. The molecule has 3 heterocycles. The van der Waals surface area contributed by atoms with Crippen LogP contribution >= 0.6 is 0 Å². The van der Waals surface area contributed by atoms with Crippen LogP contribution in [0.15, 0.2) is 18.6 Å². The summed E-state index contributed by atoms with van der Waals surface area (Å²) < 4.78 is 0. The molecule has 150 valence electrons. The summed E-state index contributed by atoms with van der Waals surface area (Å²) in [4.78, 5) is 26.4. The van der Waals surface area contributed by atoms with Crippen LogP contribution in [0.2, 0.25) is 0 Å². The third-order valence-electron chi connectivity index (χ3n) is 6.07. The fourth-order valence-corrected chi connectivity index (χ4v) is 4.57. The summed E-state index contributed by atoms with van der Waals surface area (Å²) >= 11 is 0. The Morgan fingerprint density at radius 1 is 1.33 bits per heavy atom. The van der Waals surface area contributed by atoms with Crippen LogP contribution in [0.4, 0.5) is 5.82 Å². The standard InChI is InChI=1S/C20H34N6O/c1-3-25(4-2)12-7-9-23-19(27)20-8-5-6-13-26(20)16-17(14-20)24-18-15-21-10-11-22-18/h10-11,15,17H,3-9,12-14,16H2,1-2H3,(H,22,24)(H,23,27)/t17-,20-/m0/s1. The van der Waals surface area contributed by atoms with Crippen molar-refractivity contribution in [1.82, 2.24) is 25.1 Å². The smallest absolute Gasteiger partial charge is 0.240 e. The normalized spacial score (nSPS) is 25.4. The monoisotopic (exact) mass is 374 g/mol. The molecule has 2 saturated heterocycles. The second-order valence-electron chi connectivity index (χ2n) is 7.71. The van der Waals surface area contributed by atoms with Crippen molar-refractivity contribution in [2.45, 2.75) is 57.5 Å². The Balaban J connectivity index is 1.56. The van der Waals surface area contributed by atoms with Crippen LogP contribution in [0.5, 0.6) is 0 Å². The molecule has 0 unspecified atom stereocenters. The number of nitrogens with zero attached hydrogens (tertiary/aromatic N) is 4. The lowest BCUT2D eigenvalue weighted by molar-refractivity contribution is -0.133. The van der Waals surface area contributed by atoms with Crippen LogP contribution < -0.4 is 10.6 Å². The number of piperidine rings is 1. The molecule has 27 heavy (non-hydrogen) atoms. The second kappa shape index (κ2) is 9.46. The molecule has 0 radical (unpaired) electrons. The van der Waals surface area contributed by atoms with Gasteiger partial charge in [-0.05, 0) is 58.3 Å². The lowest BCUT2D eigenvalue weighted by Crippen LogP contribution is -2.57. The van der Waals surface area contributed by atoms with Crippen molar-refractivity contribution in [1.29, 1.82) is 0 Å². The van der Waals surface area contributed by atoms with Gasteiger partial charge in [-0.1, -0.05) is 13.8 Å². The fourth-order valence-electron chi connectivity index (χ4n) is 4.57. The van der Waals surface area contributed by atoms with Crippen molar-refractivity contribution in [3.63, 3.8) is 0 Å². The number of aromatic nitrogens is 2. The number of amides is 1. The minimum Gasteiger partial charge on any atom is -0.365 e. The Bertz CT molecular complexity index is 593. The first-order valence-corrected chi connectivity index (χ1v) is 10.5. The molecule has 2 N–H and O–H groups in total. The fraction of sp³-hybridized carbons (Fsp3) is 0.750. The van der Waals surface area contributed by atoms with Crippen molar-refractivity contribution in [2.24, 2.45) is 0 Å². The summed E-state index contributed by atoms with van der Waals surface area (Å²) in [5, 5.41) is 6.71. The number of fused-ring (bicyclic) bond motifs is 1. The Hall–Kier alpha value is -1.73. The van der Waals surface area contributed by atoms with E-state index in [0.29, 0.717) is 0 Å². The van der Waals surface area contributed by atoms with Gasteiger partial charge in [-0.15, -0.1) is 0 Å². The summed E-state index contributed by atoms with van der Waals surface area (Å²) in [6.07, 6.45) is 10.2. The van der Waals surface area contributed by atoms with Gasteiger partial charge in [-0.2, -0.15) is 0 Å². The van der Waals surface area contributed by atoms with Crippen LogP contribution in [0.25, 0.3) is 0 Å². The predicted molar refractivity (Wildman–Crippen MR) is 108 cm³/mol. The van der Waals surface area contributed by atoms with Gasteiger partial charge in [0.1, 0.15) is 11.4 Å². The first-order valence-electron chi connectivity index (χ1n) is 10.5. The average Bonchev–Trinajstić information content (AvgIpc) is 3.08. The summed E-state index contributed by atoms with van der Waals surface area (Å²) in [5.74, 6) is 1.00. The third-order valence-corrected chi connectivity index (χ3v) is 6.07. The molecule has 1 aromatic rings. The highest BCUT2D eigenvalue weighted by Crippen LogP contribution is 2.38. The summed E-state index contributed by atoms with van der Waals surface area (Å²) in [6, 6.07) is 0.237. The first kappa shape index (κ1) is 20.0. The van der Waals surface area contributed by atoms with E-state index in [-0.39, 0.29) is 17.5 Å². The van der Waals surface area contributed by atoms with Crippen molar-refractivity contribution in [2.75, 3.05) is 44.6 Å². The van der Waals surface area contributed by atoms with Crippen molar-refractivity contribution in [3.05, 3.63) is 18.6 Å². The Labute approximate surface area is 162 Å². The number of rotatable bonds is 9. The van der Waals surface area contributed by atoms with Gasteiger partial charge in [0.25, 0.3) is 0 Å². The Kier molecular flexibility index (Phi) is 7.01. The van der Waals surface area contributed by atoms with Crippen molar-refractivity contribution in [3.8, 4) is 0 Å². The molecule has 2 aliphatic rings. The van der Waals surface area contributed by atoms with E-state index in [0.717, 1.165) is 70.8 Å². The maximum absolute atomic E-state index is 13.2. The van der Waals surface area contributed by atoms with Crippen LogP contribution in [0.3, 0.4) is 0 Å². The molecular weight excluding hydrogens is 340 g/mol. The molecular formula is C20H34N6O. The molecule has 7 heteroatoms. The van der Waals surface area contributed by atoms with Crippen molar-refractivity contribution >= 4 is 11.7 Å². The average molecular weight is 375 g/mol. The number of anilines is 1. The SMILES string of the molecule is CCN(CC)CCCNC(=O)[C@@]12CCCCN1C[C@@H](Nc1cnccn1)C2. The van der Waals surface area contributed by atoms with Crippen LogP contribution in [0.1, 0.15) is 46.0 Å². The van der Waals surface area contributed by atoms with Gasteiger partial charge in [0.2, 0.25) is 5.91 Å². The highest BCUT2D eigenvalue weighted by Gasteiger charge is 2.51. The summed E-state index contributed by atoms with van der Waals surface area (Å²) in [6.45, 7) is 10.2. The van der Waals surface area contributed by atoms with Gasteiger partial charge in [-0.25, -0.2) is 4.98 Å².